The minimum atomic E-state index is -0.825. The Kier molecular flexibility index (Phi) is 5.47. The maximum absolute atomic E-state index is 13.0. The van der Waals surface area contributed by atoms with Crippen molar-refractivity contribution in [3.05, 3.63) is 119 Å². The van der Waals surface area contributed by atoms with Crippen molar-refractivity contribution < 1.29 is 29.3 Å². The average molecular weight is 452 g/mol. The Bertz CT molecular complexity index is 1350. The number of aromatic hydroxyl groups is 2. The van der Waals surface area contributed by atoms with Gasteiger partial charge in [0.2, 0.25) is 0 Å². The number of fused-ring (bicyclic) bond motifs is 3. The molecule has 0 radical (unpaired) electrons. The SMILES string of the molecule is O=C(OCc1ccccc1)c1cc(O)c(C(=O)OC2c3ccccc3-c3ccccc32)cc1O. The Balaban J connectivity index is 1.37. The van der Waals surface area contributed by atoms with E-state index in [4.69, 9.17) is 9.47 Å². The van der Waals surface area contributed by atoms with Crippen LogP contribution in [0.15, 0.2) is 91.0 Å². The summed E-state index contributed by atoms with van der Waals surface area (Å²) in [7, 11) is 0. The van der Waals surface area contributed by atoms with Gasteiger partial charge in [-0.05, 0) is 28.8 Å². The summed E-state index contributed by atoms with van der Waals surface area (Å²) in [6.45, 7) is 0.00413. The Morgan fingerprint density at radius 3 is 1.76 bits per heavy atom. The normalized spacial score (nSPS) is 12.0. The maximum atomic E-state index is 13.0. The van der Waals surface area contributed by atoms with Crippen molar-refractivity contribution in [3.63, 3.8) is 0 Å². The number of benzene rings is 4. The lowest BCUT2D eigenvalue weighted by molar-refractivity contribution is 0.0379. The van der Waals surface area contributed by atoms with Crippen molar-refractivity contribution >= 4 is 11.9 Å². The van der Waals surface area contributed by atoms with Gasteiger partial charge in [-0.25, -0.2) is 9.59 Å². The Morgan fingerprint density at radius 2 is 1.18 bits per heavy atom. The van der Waals surface area contributed by atoms with Crippen LogP contribution in [0.3, 0.4) is 0 Å². The molecule has 4 aromatic carbocycles. The molecule has 0 bridgehead atoms. The number of ether oxygens (including phenoxy) is 2. The third-order valence-electron chi connectivity index (χ3n) is 5.77. The number of phenols is 2. The van der Waals surface area contributed by atoms with Gasteiger partial charge in [0.1, 0.15) is 29.2 Å². The van der Waals surface area contributed by atoms with Crippen molar-refractivity contribution in [3.8, 4) is 22.6 Å². The van der Waals surface area contributed by atoms with Crippen LogP contribution in [-0.2, 0) is 16.1 Å². The van der Waals surface area contributed by atoms with Crippen molar-refractivity contribution in [2.45, 2.75) is 12.7 Å². The van der Waals surface area contributed by atoms with E-state index >= 15 is 0 Å². The first-order valence-electron chi connectivity index (χ1n) is 10.7. The van der Waals surface area contributed by atoms with Crippen LogP contribution in [0.2, 0.25) is 0 Å². The topological polar surface area (TPSA) is 93.1 Å². The molecule has 6 heteroatoms. The van der Waals surface area contributed by atoms with Gasteiger partial charge < -0.3 is 19.7 Å². The van der Waals surface area contributed by atoms with E-state index < -0.39 is 29.5 Å². The van der Waals surface area contributed by atoms with E-state index in [1.807, 2.05) is 66.7 Å². The van der Waals surface area contributed by atoms with Crippen molar-refractivity contribution in [2.24, 2.45) is 0 Å². The van der Waals surface area contributed by atoms with Gasteiger partial charge in [0.25, 0.3) is 0 Å². The first-order valence-corrected chi connectivity index (χ1v) is 10.7. The second-order valence-electron chi connectivity index (χ2n) is 7.91. The maximum Gasteiger partial charge on any atom is 0.343 e. The predicted octanol–water partition coefficient (Wildman–Crippen LogP) is 5.38. The predicted molar refractivity (Wildman–Crippen MR) is 124 cm³/mol. The van der Waals surface area contributed by atoms with E-state index in [9.17, 15) is 19.8 Å². The molecule has 0 fully saturated rings. The molecule has 4 aromatic rings. The van der Waals surface area contributed by atoms with Crippen molar-refractivity contribution in [1.29, 1.82) is 0 Å². The second-order valence-corrected chi connectivity index (χ2v) is 7.91. The van der Waals surface area contributed by atoms with Gasteiger partial charge in [-0.3, -0.25) is 0 Å². The van der Waals surface area contributed by atoms with E-state index in [-0.39, 0.29) is 17.7 Å². The van der Waals surface area contributed by atoms with E-state index in [0.29, 0.717) is 0 Å². The molecule has 0 saturated heterocycles. The van der Waals surface area contributed by atoms with Crippen LogP contribution in [-0.4, -0.2) is 22.2 Å². The molecule has 34 heavy (non-hydrogen) atoms. The Labute approximate surface area is 195 Å². The highest BCUT2D eigenvalue weighted by Gasteiger charge is 2.32. The van der Waals surface area contributed by atoms with Crippen LogP contribution < -0.4 is 0 Å². The molecule has 6 nitrogen and oxygen atoms in total. The zero-order valence-electron chi connectivity index (χ0n) is 18.0. The molecule has 1 aliphatic rings. The number of hydrogen-bond acceptors (Lipinski definition) is 6. The van der Waals surface area contributed by atoms with Gasteiger partial charge in [-0.1, -0.05) is 78.9 Å². The molecule has 0 spiro atoms. The zero-order valence-corrected chi connectivity index (χ0v) is 18.0. The molecule has 5 rings (SSSR count). The number of carbonyl (C=O) groups is 2. The van der Waals surface area contributed by atoms with E-state index in [2.05, 4.69) is 0 Å². The highest BCUT2D eigenvalue weighted by Crippen LogP contribution is 2.45. The summed E-state index contributed by atoms with van der Waals surface area (Å²) in [4.78, 5) is 25.4. The number of rotatable bonds is 5. The summed E-state index contributed by atoms with van der Waals surface area (Å²) < 4.78 is 11.0. The first-order chi connectivity index (χ1) is 16.5. The molecule has 0 amide bonds. The lowest BCUT2D eigenvalue weighted by atomic mass is 10.1. The van der Waals surface area contributed by atoms with Gasteiger partial charge in [-0.15, -0.1) is 0 Å². The summed E-state index contributed by atoms with van der Waals surface area (Å²) in [5.74, 6) is -2.63. The van der Waals surface area contributed by atoms with Gasteiger partial charge in [-0.2, -0.15) is 0 Å². The third-order valence-corrected chi connectivity index (χ3v) is 5.77. The molecule has 0 heterocycles. The lowest BCUT2D eigenvalue weighted by Crippen LogP contribution is -2.12. The Hall–Kier alpha value is -4.58. The molecule has 0 saturated carbocycles. The smallest absolute Gasteiger partial charge is 0.343 e. The fourth-order valence-corrected chi connectivity index (χ4v) is 4.11. The van der Waals surface area contributed by atoms with Gasteiger partial charge in [0, 0.05) is 11.1 Å². The number of esters is 2. The second kappa shape index (κ2) is 8.75. The summed E-state index contributed by atoms with van der Waals surface area (Å²) in [6, 6.07) is 26.3. The van der Waals surface area contributed by atoms with Gasteiger partial charge >= 0.3 is 11.9 Å². The van der Waals surface area contributed by atoms with Crippen LogP contribution in [0.1, 0.15) is 43.5 Å². The number of hydrogen-bond donors (Lipinski definition) is 2. The molecule has 168 valence electrons. The van der Waals surface area contributed by atoms with Crippen LogP contribution in [0.5, 0.6) is 11.5 Å². The molecule has 2 N–H and O–H groups in total. The molecular weight excluding hydrogens is 432 g/mol. The van der Waals surface area contributed by atoms with Crippen LogP contribution in [0.25, 0.3) is 11.1 Å². The third kappa shape index (κ3) is 3.86. The quantitative estimate of drug-likeness (QED) is 0.312. The summed E-state index contributed by atoms with van der Waals surface area (Å²) in [6.07, 6.45) is -0.656. The summed E-state index contributed by atoms with van der Waals surface area (Å²) >= 11 is 0. The highest BCUT2D eigenvalue weighted by molar-refractivity contribution is 5.98. The Morgan fingerprint density at radius 1 is 0.676 bits per heavy atom. The molecule has 0 atom stereocenters. The van der Waals surface area contributed by atoms with Gasteiger partial charge in [0.05, 0.1) is 0 Å². The van der Waals surface area contributed by atoms with Crippen molar-refractivity contribution in [2.75, 3.05) is 0 Å². The van der Waals surface area contributed by atoms with E-state index in [0.717, 1.165) is 39.9 Å². The lowest BCUT2D eigenvalue weighted by Gasteiger charge is -2.16. The molecule has 0 aliphatic heterocycles. The summed E-state index contributed by atoms with van der Waals surface area (Å²) in [5.41, 5.74) is 3.89. The summed E-state index contributed by atoms with van der Waals surface area (Å²) in [5, 5.41) is 20.9. The van der Waals surface area contributed by atoms with Crippen LogP contribution >= 0.6 is 0 Å². The molecular formula is C28H20O6. The van der Waals surface area contributed by atoms with Gasteiger partial charge in [0.15, 0.2) is 6.10 Å². The minimum absolute atomic E-state index is 0.00413. The minimum Gasteiger partial charge on any atom is -0.507 e. The monoisotopic (exact) mass is 452 g/mol. The molecule has 0 unspecified atom stereocenters. The number of carbonyl (C=O) groups excluding carboxylic acids is 2. The largest absolute Gasteiger partial charge is 0.507 e. The van der Waals surface area contributed by atoms with E-state index in [1.54, 1.807) is 12.1 Å². The fourth-order valence-electron chi connectivity index (χ4n) is 4.11. The standard InChI is InChI=1S/C28H20O6/c29-24-15-23(25(30)14-22(24)27(31)33-16-17-8-2-1-3-9-17)28(32)34-26-20-12-6-4-10-18(20)19-11-5-7-13-21(19)26/h1-15,26,29-30H,16H2. The van der Waals surface area contributed by atoms with Crippen LogP contribution in [0.4, 0.5) is 0 Å². The first kappa shape index (κ1) is 21.3. The zero-order chi connectivity index (χ0) is 23.7. The average Bonchev–Trinajstić information content (AvgIpc) is 3.18. The molecule has 1 aliphatic carbocycles. The highest BCUT2D eigenvalue weighted by atomic mass is 16.5. The molecule has 0 aromatic heterocycles. The fraction of sp³-hybridized carbons (Fsp3) is 0.0714. The van der Waals surface area contributed by atoms with Crippen LogP contribution in [0, 0.1) is 0 Å². The van der Waals surface area contributed by atoms with E-state index in [1.165, 1.54) is 0 Å². The van der Waals surface area contributed by atoms with Crippen molar-refractivity contribution in [1.82, 2.24) is 0 Å². The number of phenolic OH excluding ortho intramolecular Hbond substituents is 2.